The number of hydrogen-bond donors (Lipinski definition) is 1. The largest absolute Gasteiger partial charge is 0.232 e. The van der Waals surface area contributed by atoms with Crippen LogP contribution < -0.4 is 10.4 Å². The van der Waals surface area contributed by atoms with Crippen molar-refractivity contribution in [1.29, 1.82) is 0 Å². The molecule has 0 aliphatic rings. The monoisotopic (exact) mass is 156 g/mol. The van der Waals surface area contributed by atoms with Gasteiger partial charge in [-0.15, -0.1) is 0 Å². The third kappa shape index (κ3) is 1.62. The second-order valence-corrected chi connectivity index (χ2v) is 2.51. The number of nitrogens with zero attached hydrogens (tertiary/aromatic N) is 1. The van der Waals surface area contributed by atoms with E-state index in [1.165, 1.54) is 5.56 Å². The smallest absolute Gasteiger partial charge is 0.0703 e. The summed E-state index contributed by atoms with van der Waals surface area (Å²) in [4.78, 5) is 0. The summed E-state index contributed by atoms with van der Waals surface area (Å²) >= 11 is 5.47. The molecule has 1 aromatic rings. The SMILES string of the molecule is Cc1ccc(N(N)Cl)cc1. The first kappa shape index (κ1) is 7.38. The molecule has 0 radical (unpaired) electrons. The zero-order valence-electron chi connectivity index (χ0n) is 5.71. The Labute approximate surface area is 65.3 Å². The van der Waals surface area contributed by atoms with Crippen molar-refractivity contribution in [3.8, 4) is 0 Å². The van der Waals surface area contributed by atoms with E-state index in [0.29, 0.717) is 0 Å². The van der Waals surface area contributed by atoms with E-state index in [4.69, 9.17) is 17.6 Å². The maximum atomic E-state index is 5.47. The van der Waals surface area contributed by atoms with E-state index in [1.54, 1.807) is 0 Å². The van der Waals surface area contributed by atoms with E-state index in [9.17, 15) is 0 Å². The lowest BCUT2D eigenvalue weighted by Gasteiger charge is -2.07. The van der Waals surface area contributed by atoms with Crippen molar-refractivity contribution in [1.82, 2.24) is 0 Å². The minimum atomic E-state index is 0.798. The molecule has 0 unspecified atom stereocenters. The Morgan fingerprint density at radius 3 is 2.20 bits per heavy atom. The molecule has 0 saturated heterocycles. The number of halogens is 1. The maximum Gasteiger partial charge on any atom is 0.0703 e. The number of aryl methyl sites for hydroxylation is 1. The Morgan fingerprint density at radius 2 is 1.80 bits per heavy atom. The van der Waals surface area contributed by atoms with Gasteiger partial charge in [-0.3, -0.25) is 0 Å². The summed E-state index contributed by atoms with van der Waals surface area (Å²) in [5, 5.41) is 0. The number of nitrogens with two attached hydrogens (primary N) is 1. The van der Waals surface area contributed by atoms with Crippen LogP contribution in [-0.2, 0) is 0 Å². The third-order valence-electron chi connectivity index (χ3n) is 1.28. The predicted molar refractivity (Wildman–Crippen MR) is 43.7 cm³/mol. The first-order chi connectivity index (χ1) is 4.70. The second kappa shape index (κ2) is 2.90. The molecule has 3 heteroatoms. The van der Waals surface area contributed by atoms with Crippen molar-refractivity contribution in [2.75, 3.05) is 4.53 Å². The number of benzene rings is 1. The Bertz CT molecular complexity index is 205. The number of hydrazine groups is 1. The average molecular weight is 157 g/mol. The van der Waals surface area contributed by atoms with Crippen molar-refractivity contribution in [3.05, 3.63) is 29.8 Å². The van der Waals surface area contributed by atoms with Crippen molar-refractivity contribution in [3.63, 3.8) is 0 Å². The lowest BCUT2D eigenvalue weighted by Crippen LogP contribution is -2.17. The molecule has 0 amide bonds. The molecule has 0 aromatic heterocycles. The van der Waals surface area contributed by atoms with Gasteiger partial charge in [-0.05, 0) is 19.1 Å². The molecular weight excluding hydrogens is 148 g/mol. The zero-order valence-corrected chi connectivity index (χ0v) is 6.47. The van der Waals surface area contributed by atoms with Gasteiger partial charge in [0.1, 0.15) is 0 Å². The molecule has 0 fully saturated rings. The molecular formula is C7H9ClN2. The van der Waals surface area contributed by atoms with Gasteiger partial charge in [-0.25, -0.2) is 10.4 Å². The molecule has 10 heavy (non-hydrogen) atoms. The fraction of sp³-hybridized carbons (Fsp3) is 0.143. The molecule has 2 nitrogen and oxygen atoms in total. The van der Waals surface area contributed by atoms with E-state index < -0.39 is 0 Å². The minimum Gasteiger partial charge on any atom is -0.232 e. The highest BCUT2D eigenvalue weighted by Gasteiger charge is 1.93. The molecule has 1 aromatic carbocycles. The Hall–Kier alpha value is -0.730. The molecule has 0 spiro atoms. The standard InChI is InChI=1S/C7H9ClN2/c1-6-2-4-7(5-3-6)10(8)9/h2-5H,9H2,1H3. The van der Waals surface area contributed by atoms with E-state index >= 15 is 0 Å². The molecule has 2 N–H and O–H groups in total. The van der Waals surface area contributed by atoms with Gasteiger partial charge in [0.05, 0.1) is 5.69 Å². The second-order valence-electron chi connectivity index (χ2n) is 2.15. The van der Waals surface area contributed by atoms with Crippen molar-refractivity contribution >= 4 is 17.5 Å². The summed E-state index contributed by atoms with van der Waals surface area (Å²) in [5.74, 6) is 5.26. The van der Waals surface area contributed by atoms with Gasteiger partial charge in [0.15, 0.2) is 0 Å². The summed E-state index contributed by atoms with van der Waals surface area (Å²) < 4.78 is 1.07. The maximum absolute atomic E-state index is 5.47. The molecule has 0 atom stereocenters. The average Bonchev–Trinajstić information content (AvgIpc) is 1.88. The normalized spacial score (nSPS) is 9.50. The quantitative estimate of drug-likeness (QED) is 0.382. The lowest BCUT2D eigenvalue weighted by molar-refractivity contribution is 1.19. The van der Waals surface area contributed by atoms with Gasteiger partial charge in [0.2, 0.25) is 0 Å². The van der Waals surface area contributed by atoms with Crippen LogP contribution in [0.5, 0.6) is 0 Å². The molecule has 0 bridgehead atoms. The van der Waals surface area contributed by atoms with Crippen molar-refractivity contribution in [2.24, 2.45) is 5.84 Å². The van der Waals surface area contributed by atoms with Gasteiger partial charge < -0.3 is 0 Å². The van der Waals surface area contributed by atoms with Crippen LogP contribution in [-0.4, -0.2) is 0 Å². The lowest BCUT2D eigenvalue weighted by atomic mass is 10.2. The highest BCUT2D eigenvalue weighted by Crippen LogP contribution is 2.12. The van der Waals surface area contributed by atoms with Crippen LogP contribution in [0.1, 0.15) is 5.56 Å². The summed E-state index contributed by atoms with van der Waals surface area (Å²) in [7, 11) is 0. The Morgan fingerprint density at radius 1 is 1.30 bits per heavy atom. The van der Waals surface area contributed by atoms with E-state index in [0.717, 1.165) is 10.2 Å². The number of hydrogen-bond acceptors (Lipinski definition) is 2. The molecule has 0 aliphatic heterocycles. The van der Waals surface area contributed by atoms with Crippen molar-refractivity contribution < 1.29 is 0 Å². The van der Waals surface area contributed by atoms with Crippen LogP contribution in [0.4, 0.5) is 5.69 Å². The summed E-state index contributed by atoms with van der Waals surface area (Å²) in [5.41, 5.74) is 1.99. The van der Waals surface area contributed by atoms with E-state index in [-0.39, 0.29) is 0 Å². The molecule has 0 aliphatic carbocycles. The first-order valence-electron chi connectivity index (χ1n) is 2.97. The highest BCUT2D eigenvalue weighted by molar-refractivity contribution is 6.24. The van der Waals surface area contributed by atoms with Crippen molar-refractivity contribution in [2.45, 2.75) is 6.92 Å². The van der Waals surface area contributed by atoms with Gasteiger partial charge >= 0.3 is 0 Å². The highest BCUT2D eigenvalue weighted by atomic mass is 35.5. The predicted octanol–water partition coefficient (Wildman–Crippen LogP) is 1.83. The Balaban J connectivity index is 2.89. The Kier molecular flexibility index (Phi) is 2.14. The van der Waals surface area contributed by atoms with Crippen LogP contribution in [0.2, 0.25) is 0 Å². The minimum absolute atomic E-state index is 0.798. The topological polar surface area (TPSA) is 29.3 Å². The number of rotatable bonds is 1. The summed E-state index contributed by atoms with van der Waals surface area (Å²) in [6, 6.07) is 7.64. The molecule has 0 saturated carbocycles. The van der Waals surface area contributed by atoms with Crippen LogP contribution >= 0.6 is 11.8 Å². The molecule has 54 valence electrons. The first-order valence-corrected chi connectivity index (χ1v) is 3.31. The van der Waals surface area contributed by atoms with Gasteiger partial charge in [-0.1, -0.05) is 17.7 Å². The van der Waals surface area contributed by atoms with Crippen LogP contribution in [0.3, 0.4) is 0 Å². The number of anilines is 1. The van der Waals surface area contributed by atoms with Gasteiger partial charge in [0, 0.05) is 11.8 Å². The summed E-state index contributed by atoms with van der Waals surface area (Å²) in [6.07, 6.45) is 0. The van der Waals surface area contributed by atoms with E-state index in [2.05, 4.69) is 0 Å². The summed E-state index contributed by atoms with van der Waals surface area (Å²) in [6.45, 7) is 2.01. The molecule has 1 rings (SSSR count). The van der Waals surface area contributed by atoms with Crippen LogP contribution in [0.25, 0.3) is 0 Å². The van der Waals surface area contributed by atoms with Crippen LogP contribution in [0, 0.1) is 6.92 Å². The van der Waals surface area contributed by atoms with Crippen LogP contribution in [0.15, 0.2) is 24.3 Å². The van der Waals surface area contributed by atoms with Gasteiger partial charge in [0.25, 0.3) is 0 Å². The molecule has 0 heterocycles. The fourth-order valence-corrected chi connectivity index (χ4v) is 0.800. The van der Waals surface area contributed by atoms with E-state index in [1.807, 2.05) is 31.2 Å². The zero-order chi connectivity index (χ0) is 7.56. The van der Waals surface area contributed by atoms with Gasteiger partial charge in [-0.2, -0.15) is 0 Å². The third-order valence-corrected chi connectivity index (χ3v) is 1.48. The fourth-order valence-electron chi connectivity index (χ4n) is 0.687.